The van der Waals surface area contributed by atoms with E-state index in [-0.39, 0.29) is 16.5 Å². The van der Waals surface area contributed by atoms with Gasteiger partial charge in [0.1, 0.15) is 17.6 Å². The molecular weight excluding hydrogens is 415 g/mol. The third kappa shape index (κ3) is 5.46. The molecule has 3 rings (SSSR count). The van der Waals surface area contributed by atoms with Crippen LogP contribution in [0.15, 0.2) is 17.5 Å². The number of nitrogens with one attached hydrogen (secondary N) is 2. The Morgan fingerprint density at radius 1 is 1.39 bits per heavy atom. The third-order valence-electron chi connectivity index (χ3n) is 4.77. The molecule has 1 aromatic heterocycles. The first kappa shape index (κ1) is 21.1. The Balaban J connectivity index is 1.81. The summed E-state index contributed by atoms with van der Waals surface area (Å²) in [6.45, 7) is 0. The highest BCUT2D eigenvalue weighted by atomic mass is 32.2. The highest BCUT2D eigenvalue weighted by Gasteiger charge is 2.48. The van der Waals surface area contributed by atoms with Gasteiger partial charge in [-0.2, -0.15) is 18.4 Å². The lowest BCUT2D eigenvalue weighted by molar-refractivity contribution is -0.159. The number of halogens is 3. The van der Waals surface area contributed by atoms with E-state index in [9.17, 15) is 26.4 Å². The Labute approximate surface area is 165 Å². The summed E-state index contributed by atoms with van der Waals surface area (Å²) in [7, 11) is -3.73. The molecule has 0 radical (unpaired) electrons. The molecule has 2 N–H and O–H groups in total. The van der Waals surface area contributed by atoms with Gasteiger partial charge < -0.3 is 5.32 Å². The van der Waals surface area contributed by atoms with Crippen LogP contribution >= 0.6 is 11.3 Å². The lowest BCUT2D eigenvalue weighted by atomic mass is 10.1. The smallest absolute Gasteiger partial charge is 0.336 e. The van der Waals surface area contributed by atoms with Crippen LogP contribution in [0.25, 0.3) is 0 Å². The van der Waals surface area contributed by atoms with Crippen molar-refractivity contribution in [2.75, 3.05) is 11.5 Å². The number of sulfone groups is 1. The summed E-state index contributed by atoms with van der Waals surface area (Å²) < 4.78 is 65.6. The Hall–Kier alpha value is -1.64. The number of thiophene rings is 1. The van der Waals surface area contributed by atoms with Crippen LogP contribution in [-0.2, 0) is 14.6 Å². The normalized spacial score (nSPS) is 20.8. The van der Waals surface area contributed by atoms with Gasteiger partial charge in [0.15, 0.2) is 9.84 Å². The molecule has 28 heavy (non-hydrogen) atoms. The lowest BCUT2D eigenvalue weighted by Gasteiger charge is -2.27. The van der Waals surface area contributed by atoms with E-state index in [2.05, 4.69) is 10.6 Å². The molecule has 2 atom stereocenters. The van der Waals surface area contributed by atoms with Gasteiger partial charge in [-0.15, -0.1) is 11.3 Å². The number of alkyl halides is 3. The van der Waals surface area contributed by atoms with Crippen LogP contribution in [0.5, 0.6) is 0 Å². The molecule has 2 saturated carbocycles. The van der Waals surface area contributed by atoms with Gasteiger partial charge in [0.2, 0.25) is 5.91 Å². The fraction of sp³-hybridized carbons (Fsp3) is 0.647. The number of hydrogen-bond donors (Lipinski definition) is 2. The summed E-state index contributed by atoms with van der Waals surface area (Å²) in [5, 5.41) is 15.2. The van der Waals surface area contributed by atoms with Gasteiger partial charge in [0, 0.05) is 4.88 Å². The van der Waals surface area contributed by atoms with Crippen molar-refractivity contribution in [3.63, 3.8) is 0 Å². The highest BCUT2D eigenvalue weighted by Crippen LogP contribution is 2.37. The maximum absolute atomic E-state index is 13.6. The minimum Gasteiger partial charge on any atom is -0.336 e. The highest BCUT2D eigenvalue weighted by molar-refractivity contribution is 7.91. The number of hydrogen-bond acceptors (Lipinski definition) is 6. The molecule has 0 aromatic carbocycles. The van der Waals surface area contributed by atoms with Crippen molar-refractivity contribution in [1.82, 2.24) is 10.6 Å². The van der Waals surface area contributed by atoms with Crippen LogP contribution in [0.3, 0.4) is 0 Å². The topological polar surface area (TPSA) is 99.1 Å². The second-order valence-corrected chi connectivity index (χ2v) is 10.5. The van der Waals surface area contributed by atoms with Gasteiger partial charge in [0.05, 0.1) is 17.6 Å². The standard InChI is InChI=1S/C17H20F3N3O3S2/c18-17(19,20)14(13-2-1-7-27-13)22-12(9-28(25,26)8-11-3-4-11)15(24)23-16(10-21)5-6-16/h1-2,7,11-12,14,22H,3-6,8-9H2,(H,23,24)/t12-,14?/m0/s1. The number of rotatable bonds is 9. The number of amides is 1. The van der Waals surface area contributed by atoms with Crippen LogP contribution in [0.1, 0.15) is 36.6 Å². The summed E-state index contributed by atoms with van der Waals surface area (Å²) >= 11 is 0.864. The average Bonchev–Trinajstić information content (AvgIpc) is 3.50. The number of carbonyl (C=O) groups is 1. The number of carbonyl (C=O) groups excluding carboxylic acids is 1. The van der Waals surface area contributed by atoms with Crippen molar-refractivity contribution >= 4 is 27.1 Å². The van der Waals surface area contributed by atoms with E-state index in [0.717, 1.165) is 24.2 Å². The Bertz CT molecular complexity index is 854. The first-order valence-corrected chi connectivity index (χ1v) is 11.5. The predicted octanol–water partition coefficient (Wildman–Crippen LogP) is 2.31. The van der Waals surface area contributed by atoms with Crippen molar-refractivity contribution < 1.29 is 26.4 Å². The molecule has 1 amide bonds. The van der Waals surface area contributed by atoms with Gasteiger partial charge in [0.25, 0.3) is 0 Å². The lowest BCUT2D eigenvalue weighted by Crippen LogP contribution is -2.54. The van der Waals surface area contributed by atoms with Crippen LogP contribution in [-0.4, -0.2) is 43.6 Å². The minimum absolute atomic E-state index is 0.0123. The molecule has 2 fully saturated rings. The summed E-state index contributed by atoms with van der Waals surface area (Å²) in [5.74, 6) is -1.77. The fourth-order valence-corrected chi connectivity index (χ4v) is 5.62. The summed E-state index contributed by atoms with van der Waals surface area (Å²) in [5.41, 5.74) is -1.10. The second-order valence-electron chi connectivity index (χ2n) is 7.41. The van der Waals surface area contributed by atoms with Crippen LogP contribution in [0.2, 0.25) is 0 Å². The first-order valence-electron chi connectivity index (χ1n) is 8.83. The van der Waals surface area contributed by atoms with E-state index >= 15 is 0 Å². The molecule has 1 aromatic rings. The minimum atomic E-state index is -4.71. The zero-order valence-electron chi connectivity index (χ0n) is 14.8. The van der Waals surface area contributed by atoms with Crippen LogP contribution < -0.4 is 10.6 Å². The van der Waals surface area contributed by atoms with E-state index in [1.54, 1.807) is 0 Å². The fourth-order valence-electron chi connectivity index (χ4n) is 2.87. The Morgan fingerprint density at radius 3 is 2.54 bits per heavy atom. The summed E-state index contributed by atoms with van der Waals surface area (Å²) in [4.78, 5) is 12.6. The molecule has 0 spiro atoms. The molecule has 1 unspecified atom stereocenters. The molecule has 0 saturated heterocycles. The molecule has 154 valence electrons. The van der Waals surface area contributed by atoms with Crippen molar-refractivity contribution in [2.24, 2.45) is 5.92 Å². The second kappa shape index (κ2) is 7.65. The van der Waals surface area contributed by atoms with Gasteiger partial charge in [-0.3, -0.25) is 10.1 Å². The summed E-state index contributed by atoms with van der Waals surface area (Å²) in [6.07, 6.45) is -2.40. The largest absolute Gasteiger partial charge is 0.408 e. The maximum atomic E-state index is 13.6. The van der Waals surface area contributed by atoms with E-state index in [0.29, 0.717) is 12.8 Å². The van der Waals surface area contributed by atoms with Crippen molar-refractivity contribution in [1.29, 1.82) is 5.26 Å². The van der Waals surface area contributed by atoms with E-state index < -0.39 is 45.3 Å². The zero-order chi connectivity index (χ0) is 20.6. The van der Waals surface area contributed by atoms with Gasteiger partial charge in [-0.25, -0.2) is 8.42 Å². The van der Waals surface area contributed by atoms with Crippen LogP contribution in [0.4, 0.5) is 13.2 Å². The maximum Gasteiger partial charge on any atom is 0.408 e. The number of nitriles is 1. The van der Waals surface area contributed by atoms with Crippen molar-refractivity contribution in [2.45, 2.75) is 49.5 Å². The average molecular weight is 435 g/mol. The molecule has 6 nitrogen and oxygen atoms in total. The zero-order valence-corrected chi connectivity index (χ0v) is 16.5. The summed E-state index contributed by atoms with van der Waals surface area (Å²) in [6, 6.07) is 0.879. The van der Waals surface area contributed by atoms with E-state index in [4.69, 9.17) is 5.26 Å². The molecule has 1 heterocycles. The van der Waals surface area contributed by atoms with Gasteiger partial charge in [-0.05, 0) is 43.0 Å². The van der Waals surface area contributed by atoms with Gasteiger partial charge in [-0.1, -0.05) is 6.07 Å². The number of nitrogens with zero attached hydrogens (tertiary/aromatic N) is 1. The first-order chi connectivity index (χ1) is 13.0. The molecule has 2 aliphatic rings. The van der Waals surface area contributed by atoms with Crippen molar-refractivity contribution in [3.8, 4) is 6.07 Å². The molecule has 0 bridgehead atoms. The molecular formula is C17H20F3N3O3S2. The Morgan fingerprint density at radius 2 is 2.07 bits per heavy atom. The van der Waals surface area contributed by atoms with Crippen LogP contribution in [0, 0.1) is 17.2 Å². The molecule has 2 aliphatic carbocycles. The van der Waals surface area contributed by atoms with E-state index in [1.165, 1.54) is 17.5 Å². The van der Waals surface area contributed by atoms with E-state index in [1.807, 2.05) is 6.07 Å². The monoisotopic (exact) mass is 435 g/mol. The quantitative estimate of drug-likeness (QED) is 0.620. The molecule has 0 aliphatic heterocycles. The Kier molecular flexibility index (Phi) is 5.76. The molecule has 11 heteroatoms. The van der Waals surface area contributed by atoms with Crippen molar-refractivity contribution in [3.05, 3.63) is 22.4 Å². The third-order valence-corrected chi connectivity index (χ3v) is 7.53. The predicted molar refractivity (Wildman–Crippen MR) is 97.1 cm³/mol. The SMILES string of the molecule is N#CC1(NC(=O)[C@H](CS(=O)(=O)CC2CC2)NC(c2cccs2)C(F)(F)F)CC1. The van der Waals surface area contributed by atoms with Gasteiger partial charge >= 0.3 is 6.18 Å².